The number of esters is 2. The van der Waals surface area contributed by atoms with E-state index in [4.69, 9.17) is 9.47 Å². The highest BCUT2D eigenvalue weighted by Crippen LogP contribution is 2.19. The Morgan fingerprint density at radius 3 is 0.714 bits per heavy atom. The van der Waals surface area contributed by atoms with Crippen LogP contribution in [0.1, 0.15) is 380 Å². The SMILES string of the molecule is CC/C=C\C/C=C\C/C=C\C/C=C\C/C=C\C/C=C\C/C=C\C/C=C\C/C=C\C/C=C\C/C=C\CCCCCCCC(=O)OC(CO)COC(=O)CCCCCCCCCCCCCCCCCCCCCCCCCCCCCCCCCCCCCCCC. The number of hydrogen-bond acceptors (Lipinski definition) is 5. The third kappa shape index (κ3) is 78.4. The molecule has 5 nitrogen and oxygen atoms in total. The maximum absolute atomic E-state index is 12.4. The number of allylic oxidation sites excluding steroid dienone is 22. The second-order valence-electron chi connectivity index (χ2n) is 26.1. The topological polar surface area (TPSA) is 72.8 Å². The van der Waals surface area contributed by atoms with Gasteiger partial charge in [0.15, 0.2) is 6.10 Å². The van der Waals surface area contributed by atoms with E-state index in [1.54, 1.807) is 0 Å². The predicted molar refractivity (Wildman–Crippen MR) is 403 cm³/mol. The average Bonchev–Trinajstić information content (AvgIpc) is 3.67. The smallest absolute Gasteiger partial charge is 0.306 e. The van der Waals surface area contributed by atoms with Crippen LogP contribution in [-0.4, -0.2) is 36.4 Å². The molecule has 0 saturated carbocycles. The van der Waals surface area contributed by atoms with Gasteiger partial charge in [0, 0.05) is 12.8 Å². The van der Waals surface area contributed by atoms with E-state index in [-0.39, 0.29) is 25.2 Å². The predicted octanol–water partition coefficient (Wildman–Crippen LogP) is 27.8. The Balaban J connectivity index is 3.51. The standard InChI is InChI=1S/C86H148O5/c1-3-5-7-9-11-13-15-17-19-21-23-25-27-29-31-33-35-37-39-41-43-45-47-49-51-53-55-57-59-61-63-65-67-69-71-73-75-77-79-81-86(89)91-84(82-87)83-90-85(88)80-78-76-74-72-70-68-66-64-62-60-58-56-54-52-50-48-46-44-42-40-38-36-34-32-30-28-26-24-22-20-18-16-14-12-10-8-6-4-2/h5,7,11,13,17,19,23,25,29,31,35,37,41,43,47,49,53,55,59,61,65,67,84,87H,3-4,6,8-10,12,14-16,18,20-22,24,26-28,30,32-34,36,38-40,42,44-46,48,50-52,54,56-58,60,62-64,66,68-83H2,1-2H3/b7-5-,13-11-,19-17-,25-23-,31-29-,37-35-,43-41-,49-47-,55-53-,61-59-,67-65-. The van der Waals surface area contributed by atoms with Gasteiger partial charge in [-0.25, -0.2) is 0 Å². The van der Waals surface area contributed by atoms with Crippen LogP contribution < -0.4 is 0 Å². The summed E-state index contributed by atoms with van der Waals surface area (Å²) in [6, 6.07) is 0. The quantitative estimate of drug-likeness (QED) is 0.0373. The molecule has 1 unspecified atom stereocenters. The van der Waals surface area contributed by atoms with E-state index in [0.717, 1.165) is 128 Å². The van der Waals surface area contributed by atoms with Gasteiger partial charge < -0.3 is 14.6 Å². The highest BCUT2D eigenvalue weighted by molar-refractivity contribution is 5.70. The second kappa shape index (κ2) is 80.3. The molecule has 5 heteroatoms. The Bertz CT molecular complexity index is 1820. The van der Waals surface area contributed by atoms with Crippen molar-refractivity contribution in [1.82, 2.24) is 0 Å². The van der Waals surface area contributed by atoms with Crippen molar-refractivity contribution in [3.05, 3.63) is 134 Å². The molecule has 0 aliphatic carbocycles. The van der Waals surface area contributed by atoms with Crippen molar-refractivity contribution in [2.24, 2.45) is 0 Å². The third-order valence-electron chi connectivity index (χ3n) is 17.2. The number of carbonyl (C=O) groups excluding carboxylic acids is 2. The molecule has 522 valence electrons. The zero-order valence-corrected chi connectivity index (χ0v) is 60.1. The van der Waals surface area contributed by atoms with Gasteiger partial charge in [0.05, 0.1) is 6.61 Å². The maximum Gasteiger partial charge on any atom is 0.306 e. The number of aliphatic hydroxyl groups excluding tert-OH is 1. The van der Waals surface area contributed by atoms with Crippen LogP contribution in [0.2, 0.25) is 0 Å². The molecule has 0 fully saturated rings. The van der Waals surface area contributed by atoms with Crippen LogP contribution in [0.15, 0.2) is 134 Å². The molecule has 91 heavy (non-hydrogen) atoms. The molecule has 0 aromatic carbocycles. The van der Waals surface area contributed by atoms with Crippen molar-refractivity contribution in [1.29, 1.82) is 0 Å². The summed E-state index contributed by atoms with van der Waals surface area (Å²) in [5.41, 5.74) is 0. The summed E-state index contributed by atoms with van der Waals surface area (Å²) in [5.74, 6) is -0.606. The molecule has 1 N–H and O–H groups in total. The first-order valence-electron chi connectivity index (χ1n) is 39.2. The lowest BCUT2D eigenvalue weighted by Gasteiger charge is -2.15. The summed E-state index contributed by atoms with van der Waals surface area (Å²) >= 11 is 0. The lowest BCUT2D eigenvalue weighted by molar-refractivity contribution is -0.161. The molecule has 1 atom stereocenters. The minimum absolute atomic E-state index is 0.0776. The molecule has 0 heterocycles. The summed E-state index contributed by atoms with van der Waals surface area (Å²) in [6.07, 6.45) is 120. The van der Waals surface area contributed by atoms with Gasteiger partial charge >= 0.3 is 11.9 Å². The molecule has 0 aliphatic heterocycles. The lowest BCUT2D eigenvalue weighted by Crippen LogP contribution is -2.28. The Morgan fingerprint density at radius 1 is 0.264 bits per heavy atom. The summed E-state index contributed by atoms with van der Waals surface area (Å²) in [6.45, 7) is 4.05. The van der Waals surface area contributed by atoms with E-state index in [1.807, 2.05) is 0 Å². The van der Waals surface area contributed by atoms with Crippen LogP contribution in [0.4, 0.5) is 0 Å². The van der Waals surface area contributed by atoms with E-state index in [1.165, 1.54) is 225 Å². The van der Waals surface area contributed by atoms with Gasteiger partial charge in [0.2, 0.25) is 0 Å². The number of hydrogen-bond donors (Lipinski definition) is 1. The Morgan fingerprint density at radius 2 is 0.473 bits per heavy atom. The van der Waals surface area contributed by atoms with Gasteiger partial charge in [0.25, 0.3) is 0 Å². The van der Waals surface area contributed by atoms with Gasteiger partial charge in [0.1, 0.15) is 6.61 Å². The molecule has 0 amide bonds. The lowest BCUT2D eigenvalue weighted by atomic mass is 10.0. The van der Waals surface area contributed by atoms with Gasteiger partial charge in [-0.1, -0.05) is 404 Å². The van der Waals surface area contributed by atoms with E-state index in [9.17, 15) is 14.7 Å². The molecule has 0 aromatic heterocycles. The van der Waals surface area contributed by atoms with Gasteiger partial charge in [-0.05, 0) is 96.3 Å². The average molecular weight is 1260 g/mol. The van der Waals surface area contributed by atoms with Crippen LogP contribution >= 0.6 is 0 Å². The minimum Gasteiger partial charge on any atom is -0.462 e. The van der Waals surface area contributed by atoms with Crippen molar-refractivity contribution in [3.63, 3.8) is 0 Å². The summed E-state index contributed by atoms with van der Waals surface area (Å²) in [4.78, 5) is 24.7. The van der Waals surface area contributed by atoms with Gasteiger partial charge in [-0.15, -0.1) is 0 Å². The zero-order chi connectivity index (χ0) is 65.4. The van der Waals surface area contributed by atoms with Crippen molar-refractivity contribution in [2.45, 2.75) is 386 Å². The fourth-order valence-electron chi connectivity index (χ4n) is 11.4. The third-order valence-corrected chi connectivity index (χ3v) is 17.2. The Labute approximate surface area is 566 Å². The summed E-state index contributed by atoms with van der Waals surface area (Å²) < 4.78 is 10.8. The summed E-state index contributed by atoms with van der Waals surface area (Å²) in [5, 5.41) is 9.72. The Hall–Kier alpha value is -3.96. The molecular formula is C86H148O5. The fourth-order valence-corrected chi connectivity index (χ4v) is 11.4. The van der Waals surface area contributed by atoms with E-state index >= 15 is 0 Å². The number of ether oxygens (including phenoxy) is 2. The van der Waals surface area contributed by atoms with Crippen LogP contribution in [0.3, 0.4) is 0 Å². The first-order valence-corrected chi connectivity index (χ1v) is 39.2. The molecule has 0 aromatic rings. The van der Waals surface area contributed by atoms with E-state index < -0.39 is 6.10 Å². The monoisotopic (exact) mass is 1260 g/mol. The van der Waals surface area contributed by atoms with Crippen LogP contribution in [0.5, 0.6) is 0 Å². The number of aliphatic hydroxyl groups is 1. The van der Waals surface area contributed by atoms with Gasteiger partial charge in [-0.2, -0.15) is 0 Å². The zero-order valence-electron chi connectivity index (χ0n) is 60.1. The molecular weight excluding hydrogens is 1110 g/mol. The minimum atomic E-state index is -0.792. The molecule has 0 radical (unpaired) electrons. The fraction of sp³-hybridized carbons (Fsp3) is 0.721. The molecule has 0 aliphatic rings. The van der Waals surface area contributed by atoms with Crippen LogP contribution in [-0.2, 0) is 19.1 Å². The van der Waals surface area contributed by atoms with Crippen LogP contribution in [0.25, 0.3) is 0 Å². The van der Waals surface area contributed by atoms with Gasteiger partial charge in [-0.3, -0.25) is 9.59 Å². The van der Waals surface area contributed by atoms with Crippen molar-refractivity contribution in [2.75, 3.05) is 13.2 Å². The normalized spacial score (nSPS) is 13.0. The number of carbonyl (C=O) groups is 2. The first kappa shape index (κ1) is 87.0. The Kier molecular flexibility index (Phi) is 76.8. The number of unbranched alkanes of at least 4 members (excludes halogenated alkanes) is 42. The van der Waals surface area contributed by atoms with E-state index in [2.05, 4.69) is 148 Å². The summed E-state index contributed by atoms with van der Waals surface area (Å²) in [7, 11) is 0. The molecule has 0 saturated heterocycles. The second-order valence-corrected chi connectivity index (χ2v) is 26.1. The largest absolute Gasteiger partial charge is 0.462 e. The molecule has 0 bridgehead atoms. The van der Waals surface area contributed by atoms with Crippen molar-refractivity contribution >= 4 is 11.9 Å². The molecule has 0 spiro atoms. The number of rotatable bonds is 72. The highest BCUT2D eigenvalue weighted by atomic mass is 16.6. The van der Waals surface area contributed by atoms with Crippen LogP contribution in [0, 0.1) is 0 Å². The van der Waals surface area contributed by atoms with E-state index in [0.29, 0.717) is 12.8 Å². The highest BCUT2D eigenvalue weighted by Gasteiger charge is 2.16. The first-order chi connectivity index (χ1) is 45.1. The molecule has 0 rings (SSSR count). The van der Waals surface area contributed by atoms with Crippen molar-refractivity contribution < 1.29 is 24.2 Å². The van der Waals surface area contributed by atoms with Crippen molar-refractivity contribution in [3.8, 4) is 0 Å². The maximum atomic E-state index is 12.4.